The highest BCUT2D eigenvalue weighted by Crippen LogP contribution is 2.38. The largest absolute Gasteiger partial charge is 0.345 e. The summed E-state index contributed by atoms with van der Waals surface area (Å²) in [7, 11) is 0. The molecule has 4 heteroatoms. The smallest absolute Gasteiger partial charge is 0.186 e. The molecule has 1 aliphatic carbocycles. The molecule has 0 spiro atoms. The molecule has 2 fully saturated rings. The Hall–Kier alpha value is -0.900. The number of Topliss-reactive ketones (excluding diaryl/α,β-unsaturated/α-hetero) is 1. The fourth-order valence-corrected chi connectivity index (χ4v) is 4.37. The molecule has 2 atom stereocenters. The second kappa shape index (κ2) is 5.00. The third-order valence-electron chi connectivity index (χ3n) is 4.34. The van der Waals surface area contributed by atoms with Crippen LogP contribution in [0.2, 0.25) is 0 Å². The van der Waals surface area contributed by atoms with Gasteiger partial charge in [0.05, 0.1) is 0 Å². The van der Waals surface area contributed by atoms with E-state index in [1.165, 1.54) is 38.5 Å². The first-order valence-electron chi connectivity index (χ1n) is 6.99. The van der Waals surface area contributed by atoms with Crippen LogP contribution in [0.1, 0.15) is 55.9 Å². The number of hydrogen-bond donors (Lipinski definition) is 0. The van der Waals surface area contributed by atoms with E-state index in [-0.39, 0.29) is 5.78 Å². The van der Waals surface area contributed by atoms with E-state index in [2.05, 4.69) is 9.88 Å². The first-order valence-corrected chi connectivity index (χ1v) is 7.87. The van der Waals surface area contributed by atoms with Gasteiger partial charge in [-0.3, -0.25) is 4.79 Å². The Morgan fingerprint density at radius 3 is 2.89 bits per heavy atom. The minimum absolute atomic E-state index is 0.0784. The predicted molar refractivity (Wildman–Crippen MR) is 74.4 cm³/mol. The topological polar surface area (TPSA) is 33.2 Å². The van der Waals surface area contributed by atoms with Crippen molar-refractivity contribution in [3.63, 3.8) is 0 Å². The Balaban J connectivity index is 1.82. The van der Waals surface area contributed by atoms with Gasteiger partial charge in [-0.25, -0.2) is 4.98 Å². The molecule has 1 aromatic heterocycles. The zero-order valence-electron chi connectivity index (χ0n) is 10.9. The van der Waals surface area contributed by atoms with Crippen LogP contribution in [-0.2, 0) is 0 Å². The maximum atomic E-state index is 11.3. The quantitative estimate of drug-likeness (QED) is 0.766. The van der Waals surface area contributed by atoms with Gasteiger partial charge in [-0.2, -0.15) is 0 Å². The lowest BCUT2D eigenvalue weighted by Gasteiger charge is -2.44. The van der Waals surface area contributed by atoms with Crippen LogP contribution in [0.5, 0.6) is 0 Å². The van der Waals surface area contributed by atoms with Gasteiger partial charge in [-0.1, -0.05) is 12.8 Å². The number of hydrogen-bond acceptors (Lipinski definition) is 4. The molecule has 2 heterocycles. The van der Waals surface area contributed by atoms with Crippen molar-refractivity contribution >= 4 is 22.3 Å². The third kappa shape index (κ3) is 2.18. The van der Waals surface area contributed by atoms with Crippen LogP contribution in [0, 0.1) is 5.92 Å². The number of fused-ring (bicyclic) bond motifs is 1. The van der Waals surface area contributed by atoms with Gasteiger partial charge in [0, 0.05) is 24.9 Å². The van der Waals surface area contributed by atoms with E-state index in [1.807, 2.05) is 5.38 Å². The molecule has 3 nitrogen and oxygen atoms in total. The maximum absolute atomic E-state index is 11.3. The van der Waals surface area contributed by atoms with Gasteiger partial charge >= 0.3 is 0 Å². The van der Waals surface area contributed by atoms with Crippen LogP contribution in [-0.4, -0.2) is 23.4 Å². The summed E-state index contributed by atoms with van der Waals surface area (Å²) in [6.45, 7) is 2.71. The minimum atomic E-state index is 0.0784. The van der Waals surface area contributed by atoms with E-state index in [1.54, 1.807) is 18.3 Å². The summed E-state index contributed by atoms with van der Waals surface area (Å²) in [6, 6.07) is 0.679. The molecule has 2 unspecified atom stereocenters. The first kappa shape index (κ1) is 12.2. The van der Waals surface area contributed by atoms with Gasteiger partial charge in [-0.05, 0) is 31.6 Å². The molecule has 1 aromatic rings. The molecular weight excluding hydrogens is 244 g/mol. The van der Waals surface area contributed by atoms with Crippen molar-refractivity contribution in [2.45, 2.75) is 51.5 Å². The lowest BCUT2D eigenvalue weighted by atomic mass is 9.78. The van der Waals surface area contributed by atoms with Gasteiger partial charge in [0.1, 0.15) is 5.69 Å². The lowest BCUT2D eigenvalue weighted by molar-refractivity contribution is 0.101. The molecule has 0 N–H and O–H groups in total. The van der Waals surface area contributed by atoms with E-state index >= 15 is 0 Å². The maximum Gasteiger partial charge on any atom is 0.186 e. The van der Waals surface area contributed by atoms with Crippen LogP contribution in [0.4, 0.5) is 5.13 Å². The minimum Gasteiger partial charge on any atom is -0.345 e. The molecule has 0 amide bonds. The normalized spacial score (nSPS) is 27.9. The highest BCUT2D eigenvalue weighted by atomic mass is 32.1. The number of carbonyl (C=O) groups excluding carboxylic acids is 1. The number of rotatable bonds is 2. The number of aromatic nitrogens is 1. The number of anilines is 1. The molecule has 98 valence electrons. The fourth-order valence-electron chi connectivity index (χ4n) is 3.42. The number of ketones is 1. The van der Waals surface area contributed by atoms with Gasteiger partial charge in [0.2, 0.25) is 0 Å². The van der Waals surface area contributed by atoms with Gasteiger partial charge in [-0.15, -0.1) is 11.3 Å². The lowest BCUT2D eigenvalue weighted by Crippen LogP contribution is -2.46. The van der Waals surface area contributed by atoms with E-state index in [4.69, 9.17) is 0 Å². The molecule has 1 aliphatic heterocycles. The van der Waals surface area contributed by atoms with Crippen molar-refractivity contribution in [1.82, 2.24) is 4.98 Å². The summed E-state index contributed by atoms with van der Waals surface area (Å²) >= 11 is 1.63. The number of nitrogens with zero attached hydrogens (tertiary/aromatic N) is 2. The average molecular weight is 264 g/mol. The second-order valence-electron chi connectivity index (χ2n) is 5.52. The first-order chi connectivity index (χ1) is 8.75. The van der Waals surface area contributed by atoms with Crippen LogP contribution in [0.25, 0.3) is 0 Å². The molecule has 0 bridgehead atoms. The zero-order chi connectivity index (χ0) is 12.5. The highest BCUT2D eigenvalue weighted by molar-refractivity contribution is 7.13. The zero-order valence-corrected chi connectivity index (χ0v) is 11.7. The number of thiazole rings is 1. The summed E-state index contributed by atoms with van der Waals surface area (Å²) in [4.78, 5) is 18.3. The Morgan fingerprint density at radius 1 is 1.33 bits per heavy atom. The number of piperidine rings is 1. The van der Waals surface area contributed by atoms with Gasteiger partial charge in [0.25, 0.3) is 0 Å². The monoisotopic (exact) mass is 264 g/mol. The Kier molecular flexibility index (Phi) is 3.37. The fraction of sp³-hybridized carbons (Fsp3) is 0.714. The molecule has 18 heavy (non-hydrogen) atoms. The second-order valence-corrected chi connectivity index (χ2v) is 6.36. The summed E-state index contributed by atoms with van der Waals surface area (Å²) in [5.74, 6) is 0.937. The van der Waals surface area contributed by atoms with Crippen LogP contribution in [0.15, 0.2) is 5.38 Å². The van der Waals surface area contributed by atoms with Crippen LogP contribution in [0.3, 0.4) is 0 Å². The Labute approximate surface area is 112 Å². The molecule has 0 radical (unpaired) electrons. The molecule has 1 saturated carbocycles. The Bertz CT molecular complexity index is 441. The summed E-state index contributed by atoms with van der Waals surface area (Å²) in [6.07, 6.45) is 8.09. The van der Waals surface area contributed by atoms with Crippen LogP contribution < -0.4 is 4.90 Å². The molecule has 0 aromatic carbocycles. The Morgan fingerprint density at radius 2 is 2.11 bits per heavy atom. The summed E-state index contributed by atoms with van der Waals surface area (Å²) in [5, 5.41) is 2.97. The van der Waals surface area contributed by atoms with E-state index in [0.717, 1.165) is 17.6 Å². The van der Waals surface area contributed by atoms with Crippen molar-refractivity contribution in [3.8, 4) is 0 Å². The summed E-state index contributed by atoms with van der Waals surface area (Å²) in [5.41, 5.74) is 0.632. The molecule has 2 aliphatic rings. The molecule has 3 rings (SSSR count). The number of carbonyl (C=O) groups is 1. The third-order valence-corrected chi connectivity index (χ3v) is 5.22. The van der Waals surface area contributed by atoms with E-state index in [9.17, 15) is 4.79 Å². The van der Waals surface area contributed by atoms with Crippen molar-refractivity contribution in [3.05, 3.63) is 11.1 Å². The van der Waals surface area contributed by atoms with Crippen molar-refractivity contribution in [1.29, 1.82) is 0 Å². The van der Waals surface area contributed by atoms with E-state index < -0.39 is 0 Å². The standard InChI is InChI=1S/C14H20N2OS/c1-10(17)12-9-18-14(15-12)16-8-4-6-11-5-2-3-7-13(11)16/h9,11,13H,2-8H2,1H3. The summed E-state index contributed by atoms with van der Waals surface area (Å²) < 4.78 is 0. The van der Waals surface area contributed by atoms with Gasteiger partial charge in [0.15, 0.2) is 10.9 Å². The van der Waals surface area contributed by atoms with Crippen molar-refractivity contribution in [2.75, 3.05) is 11.4 Å². The molecule has 1 saturated heterocycles. The van der Waals surface area contributed by atoms with Crippen molar-refractivity contribution in [2.24, 2.45) is 5.92 Å². The SMILES string of the molecule is CC(=O)c1csc(N2CCCC3CCCCC32)n1. The van der Waals surface area contributed by atoms with E-state index in [0.29, 0.717) is 11.7 Å². The van der Waals surface area contributed by atoms with Crippen LogP contribution >= 0.6 is 11.3 Å². The predicted octanol–water partition coefficient (Wildman–Crippen LogP) is 3.50. The highest BCUT2D eigenvalue weighted by Gasteiger charge is 2.34. The molecular formula is C14H20N2OS. The average Bonchev–Trinajstić information content (AvgIpc) is 2.87. The van der Waals surface area contributed by atoms with Gasteiger partial charge < -0.3 is 4.90 Å². The van der Waals surface area contributed by atoms with Crippen molar-refractivity contribution < 1.29 is 4.79 Å².